The van der Waals surface area contributed by atoms with Crippen LogP contribution < -0.4 is 5.32 Å². The van der Waals surface area contributed by atoms with Crippen LogP contribution in [-0.4, -0.2) is 67.2 Å². The van der Waals surface area contributed by atoms with E-state index < -0.39 is 11.9 Å². The number of likely N-dealkylation sites (N-methyl/N-ethyl adjacent to an activating group) is 1. The van der Waals surface area contributed by atoms with E-state index >= 15 is 0 Å². The van der Waals surface area contributed by atoms with Gasteiger partial charge in [0.05, 0.1) is 5.92 Å². The predicted molar refractivity (Wildman–Crippen MR) is 75.2 cm³/mol. The highest BCUT2D eigenvalue weighted by molar-refractivity contribution is 5.74. The van der Waals surface area contributed by atoms with Gasteiger partial charge in [-0.3, -0.25) is 4.79 Å². The van der Waals surface area contributed by atoms with Crippen molar-refractivity contribution >= 4 is 12.0 Å². The van der Waals surface area contributed by atoms with Crippen molar-refractivity contribution in [1.29, 1.82) is 0 Å². The van der Waals surface area contributed by atoms with Gasteiger partial charge in [0.1, 0.15) is 0 Å². The van der Waals surface area contributed by atoms with Gasteiger partial charge in [-0.2, -0.15) is 0 Å². The van der Waals surface area contributed by atoms with E-state index in [1.165, 1.54) is 0 Å². The smallest absolute Gasteiger partial charge is 0.317 e. The third-order valence-corrected chi connectivity index (χ3v) is 2.87. The van der Waals surface area contributed by atoms with E-state index in [4.69, 9.17) is 5.11 Å². The Morgan fingerprint density at radius 2 is 1.84 bits per heavy atom. The number of carbonyl (C=O) groups is 2. The fourth-order valence-corrected chi connectivity index (χ4v) is 1.54. The summed E-state index contributed by atoms with van der Waals surface area (Å²) in [6, 6.07) is -0.110. The van der Waals surface area contributed by atoms with Gasteiger partial charge in [0.15, 0.2) is 0 Å². The fourth-order valence-electron chi connectivity index (χ4n) is 1.54. The van der Waals surface area contributed by atoms with Crippen molar-refractivity contribution in [3.05, 3.63) is 0 Å². The molecule has 0 bridgehead atoms. The van der Waals surface area contributed by atoms with Crippen molar-refractivity contribution in [2.45, 2.75) is 26.7 Å². The van der Waals surface area contributed by atoms with Crippen molar-refractivity contribution in [3.8, 4) is 0 Å². The Morgan fingerprint density at radius 3 is 2.32 bits per heavy atom. The third-order valence-electron chi connectivity index (χ3n) is 2.87. The Labute approximate surface area is 115 Å². The number of hydrogen-bond donors (Lipinski definition) is 2. The summed E-state index contributed by atoms with van der Waals surface area (Å²) in [5.41, 5.74) is 0. The number of aliphatic carboxylic acids is 1. The highest BCUT2D eigenvalue weighted by atomic mass is 16.4. The molecule has 0 spiro atoms. The van der Waals surface area contributed by atoms with Gasteiger partial charge < -0.3 is 20.2 Å². The second-order valence-corrected chi connectivity index (χ2v) is 5.05. The van der Waals surface area contributed by atoms with E-state index in [-0.39, 0.29) is 6.03 Å². The molecule has 2 amide bonds. The molecule has 0 rings (SSSR count). The van der Waals surface area contributed by atoms with Crippen LogP contribution in [0.1, 0.15) is 26.7 Å². The van der Waals surface area contributed by atoms with Gasteiger partial charge in [-0.1, -0.05) is 13.8 Å². The van der Waals surface area contributed by atoms with Crippen LogP contribution in [0.3, 0.4) is 0 Å². The molecular weight excluding hydrogens is 246 g/mol. The SMILES string of the molecule is CCCN(CCN(C)C)C(=O)NCCC(C)C(=O)O. The van der Waals surface area contributed by atoms with E-state index in [2.05, 4.69) is 5.32 Å². The number of carbonyl (C=O) groups excluding carboxylic acids is 1. The largest absolute Gasteiger partial charge is 0.481 e. The van der Waals surface area contributed by atoms with Crippen molar-refractivity contribution in [2.24, 2.45) is 5.92 Å². The molecule has 0 aliphatic rings. The topological polar surface area (TPSA) is 72.9 Å². The molecule has 0 aromatic carbocycles. The van der Waals surface area contributed by atoms with Crippen LogP contribution in [0.25, 0.3) is 0 Å². The number of amides is 2. The molecule has 0 aliphatic carbocycles. The summed E-state index contributed by atoms with van der Waals surface area (Å²) in [6.07, 6.45) is 1.36. The van der Waals surface area contributed by atoms with Gasteiger partial charge in [-0.25, -0.2) is 4.79 Å². The predicted octanol–water partition coefficient (Wildman–Crippen LogP) is 1.08. The van der Waals surface area contributed by atoms with E-state index in [0.29, 0.717) is 26.1 Å². The van der Waals surface area contributed by atoms with Crippen molar-refractivity contribution in [2.75, 3.05) is 40.3 Å². The minimum absolute atomic E-state index is 0.110. The van der Waals surface area contributed by atoms with E-state index in [0.717, 1.165) is 13.0 Å². The summed E-state index contributed by atoms with van der Waals surface area (Å²) in [5.74, 6) is -1.26. The Morgan fingerprint density at radius 1 is 1.21 bits per heavy atom. The number of carboxylic acid groups (broad SMARTS) is 1. The first-order chi connectivity index (χ1) is 8.88. The number of hydrogen-bond acceptors (Lipinski definition) is 3. The van der Waals surface area contributed by atoms with Crippen LogP contribution in [0.15, 0.2) is 0 Å². The minimum atomic E-state index is -0.827. The number of nitrogens with one attached hydrogen (secondary N) is 1. The summed E-state index contributed by atoms with van der Waals surface area (Å²) in [7, 11) is 3.94. The average molecular weight is 273 g/mol. The highest BCUT2D eigenvalue weighted by Gasteiger charge is 2.14. The monoisotopic (exact) mass is 273 g/mol. The van der Waals surface area contributed by atoms with Crippen LogP contribution in [0.4, 0.5) is 4.79 Å². The molecule has 0 radical (unpaired) electrons. The molecular formula is C13H27N3O3. The highest BCUT2D eigenvalue weighted by Crippen LogP contribution is 2.00. The molecule has 0 aromatic rings. The normalized spacial score (nSPS) is 12.3. The fraction of sp³-hybridized carbons (Fsp3) is 0.846. The van der Waals surface area contributed by atoms with Gasteiger partial charge in [-0.15, -0.1) is 0 Å². The van der Waals surface area contributed by atoms with Crippen LogP contribution >= 0.6 is 0 Å². The molecule has 0 aromatic heterocycles. The van der Waals surface area contributed by atoms with Gasteiger partial charge in [0.2, 0.25) is 0 Å². The summed E-state index contributed by atoms with van der Waals surface area (Å²) in [6.45, 7) is 6.29. The molecule has 0 aliphatic heterocycles. The van der Waals surface area contributed by atoms with Gasteiger partial charge in [0.25, 0.3) is 0 Å². The van der Waals surface area contributed by atoms with Gasteiger partial charge in [0, 0.05) is 26.2 Å². The van der Waals surface area contributed by atoms with Crippen LogP contribution in [0.5, 0.6) is 0 Å². The number of urea groups is 1. The zero-order valence-electron chi connectivity index (χ0n) is 12.5. The van der Waals surface area contributed by atoms with Crippen LogP contribution in [-0.2, 0) is 4.79 Å². The summed E-state index contributed by atoms with van der Waals surface area (Å²) < 4.78 is 0. The molecule has 0 saturated carbocycles. The maximum absolute atomic E-state index is 11.9. The quantitative estimate of drug-likeness (QED) is 0.659. The minimum Gasteiger partial charge on any atom is -0.481 e. The van der Waals surface area contributed by atoms with Crippen molar-refractivity contribution in [3.63, 3.8) is 0 Å². The van der Waals surface area contributed by atoms with Crippen molar-refractivity contribution in [1.82, 2.24) is 15.1 Å². The van der Waals surface area contributed by atoms with E-state index in [9.17, 15) is 9.59 Å². The lowest BCUT2D eigenvalue weighted by atomic mass is 10.1. The second kappa shape index (κ2) is 9.61. The Hall–Kier alpha value is -1.30. The van der Waals surface area contributed by atoms with Gasteiger partial charge in [-0.05, 0) is 26.9 Å². The molecule has 6 heteroatoms. The average Bonchev–Trinajstić information content (AvgIpc) is 2.33. The molecule has 1 unspecified atom stereocenters. The summed E-state index contributed by atoms with van der Waals surface area (Å²) in [4.78, 5) is 26.4. The maximum Gasteiger partial charge on any atom is 0.317 e. The lowest BCUT2D eigenvalue weighted by molar-refractivity contribution is -0.141. The number of rotatable bonds is 9. The van der Waals surface area contributed by atoms with E-state index in [1.807, 2.05) is 25.9 Å². The molecule has 0 heterocycles. The third kappa shape index (κ3) is 8.42. The summed E-state index contributed by atoms with van der Waals surface area (Å²) >= 11 is 0. The molecule has 19 heavy (non-hydrogen) atoms. The number of nitrogens with zero attached hydrogens (tertiary/aromatic N) is 2. The van der Waals surface area contributed by atoms with Crippen LogP contribution in [0.2, 0.25) is 0 Å². The maximum atomic E-state index is 11.9. The number of carboxylic acids is 1. The molecule has 0 fully saturated rings. The summed E-state index contributed by atoms with van der Waals surface area (Å²) in [5, 5.41) is 11.5. The molecule has 112 valence electrons. The standard InChI is InChI=1S/C13H27N3O3/c1-5-8-16(10-9-15(3)4)13(19)14-7-6-11(2)12(17)18/h11H,5-10H2,1-4H3,(H,14,19)(H,17,18). The second-order valence-electron chi connectivity index (χ2n) is 5.05. The zero-order chi connectivity index (χ0) is 14.8. The molecule has 0 saturated heterocycles. The Bertz CT molecular complexity index is 282. The van der Waals surface area contributed by atoms with Gasteiger partial charge >= 0.3 is 12.0 Å². The van der Waals surface area contributed by atoms with Crippen molar-refractivity contribution < 1.29 is 14.7 Å². The van der Waals surface area contributed by atoms with E-state index in [1.54, 1.807) is 11.8 Å². The van der Waals surface area contributed by atoms with Crippen LogP contribution in [0, 0.1) is 5.92 Å². The lowest BCUT2D eigenvalue weighted by Crippen LogP contribution is -2.44. The first-order valence-corrected chi connectivity index (χ1v) is 6.78. The zero-order valence-corrected chi connectivity index (χ0v) is 12.5. The Balaban J connectivity index is 4.06. The Kier molecular flexibility index (Phi) is 8.95. The first-order valence-electron chi connectivity index (χ1n) is 6.78. The molecule has 1 atom stereocenters. The molecule has 2 N–H and O–H groups in total. The molecule has 6 nitrogen and oxygen atoms in total. The lowest BCUT2D eigenvalue weighted by Gasteiger charge is -2.24. The first kappa shape index (κ1) is 17.7.